The molecule has 2 amide bonds. The molecule has 1 fully saturated rings. The molecule has 1 heterocycles. The summed E-state index contributed by atoms with van der Waals surface area (Å²) in [5.41, 5.74) is 12.6. The third-order valence-electron chi connectivity index (χ3n) is 7.49. The van der Waals surface area contributed by atoms with Gasteiger partial charge in [0.15, 0.2) is 5.75 Å². The molecule has 13 heteroatoms. The summed E-state index contributed by atoms with van der Waals surface area (Å²) < 4.78 is 38.0. The van der Waals surface area contributed by atoms with Crippen LogP contribution in [0.15, 0.2) is 109 Å². The zero-order chi connectivity index (χ0) is 35.2. The van der Waals surface area contributed by atoms with E-state index >= 15 is 0 Å². The van der Waals surface area contributed by atoms with Crippen LogP contribution in [-0.2, 0) is 27.5 Å². The van der Waals surface area contributed by atoms with Gasteiger partial charge in [-0.2, -0.15) is 13.2 Å². The number of benzene rings is 4. The van der Waals surface area contributed by atoms with E-state index in [2.05, 4.69) is 22.5 Å². The molecule has 4 N–H and O–H groups in total. The van der Waals surface area contributed by atoms with Gasteiger partial charge in [0.1, 0.15) is 5.75 Å². The molecule has 0 unspecified atom stereocenters. The molecule has 258 valence electrons. The smallest absolute Gasteiger partial charge is 0.475 e. The maximum absolute atomic E-state index is 13.7. The lowest BCUT2D eigenvalue weighted by molar-refractivity contribution is -0.192. The van der Waals surface area contributed by atoms with Crippen molar-refractivity contribution >= 4 is 29.2 Å². The maximum Gasteiger partial charge on any atom is 0.490 e. The summed E-state index contributed by atoms with van der Waals surface area (Å²) in [4.78, 5) is 39.5. The van der Waals surface area contributed by atoms with Gasteiger partial charge in [0.2, 0.25) is 11.8 Å². The molecule has 0 saturated carbocycles. The number of ether oxygens (including phenoxy) is 1. The number of aliphatic carboxylic acids is 1. The zero-order valence-corrected chi connectivity index (χ0v) is 26.7. The Balaban J connectivity index is 0.000000698. The minimum Gasteiger partial charge on any atom is -0.475 e. The summed E-state index contributed by atoms with van der Waals surface area (Å²) >= 11 is 0. The second-order valence-electron chi connectivity index (χ2n) is 11.0. The number of carboxylic acid groups (broad SMARTS) is 1. The average molecular weight is 678 g/mol. The summed E-state index contributed by atoms with van der Waals surface area (Å²) in [5.74, 6) is -1.89. The van der Waals surface area contributed by atoms with Gasteiger partial charge in [0, 0.05) is 51.3 Å². The minimum atomic E-state index is -5.08. The predicted octanol–water partition coefficient (Wildman–Crippen LogP) is 5.74. The van der Waals surface area contributed by atoms with E-state index in [1.165, 1.54) is 5.69 Å². The number of anilines is 2. The SMILES string of the molecule is NCc1cccc(Oc2ccccc2N(Cc2ccccc2)C(=O)CCC(=O)NN2CCN(c3ccccc3)CC2)c1.O=C(O)C(F)(F)F. The molecule has 1 saturated heterocycles. The van der Waals surface area contributed by atoms with Crippen LogP contribution in [0.2, 0.25) is 0 Å². The quantitative estimate of drug-likeness (QED) is 0.184. The molecule has 0 atom stereocenters. The van der Waals surface area contributed by atoms with Gasteiger partial charge in [0.05, 0.1) is 12.2 Å². The highest BCUT2D eigenvalue weighted by molar-refractivity contribution is 5.96. The van der Waals surface area contributed by atoms with Crippen molar-refractivity contribution in [1.82, 2.24) is 10.4 Å². The van der Waals surface area contributed by atoms with Gasteiger partial charge in [-0.1, -0.05) is 72.8 Å². The average Bonchev–Trinajstić information content (AvgIpc) is 3.11. The number of nitrogens with one attached hydrogen (secondary N) is 1. The lowest BCUT2D eigenvalue weighted by atomic mass is 10.1. The number of carbonyl (C=O) groups excluding carboxylic acids is 2. The van der Waals surface area contributed by atoms with Gasteiger partial charge in [-0.25, -0.2) is 9.80 Å². The summed E-state index contributed by atoms with van der Waals surface area (Å²) in [7, 11) is 0. The van der Waals surface area contributed by atoms with Crippen LogP contribution in [0, 0.1) is 0 Å². The van der Waals surface area contributed by atoms with Crippen molar-refractivity contribution in [2.24, 2.45) is 5.73 Å². The molecule has 1 aliphatic heterocycles. The van der Waals surface area contributed by atoms with Gasteiger partial charge in [0.25, 0.3) is 0 Å². The van der Waals surface area contributed by atoms with Crippen LogP contribution in [0.1, 0.15) is 24.0 Å². The van der Waals surface area contributed by atoms with Gasteiger partial charge in [-0.3, -0.25) is 15.0 Å². The topological polar surface area (TPSA) is 128 Å². The van der Waals surface area contributed by atoms with Crippen LogP contribution in [-0.4, -0.2) is 60.3 Å². The van der Waals surface area contributed by atoms with Crippen molar-refractivity contribution < 1.29 is 37.4 Å². The number of nitrogens with zero attached hydrogens (tertiary/aromatic N) is 3. The first-order valence-electron chi connectivity index (χ1n) is 15.6. The van der Waals surface area contributed by atoms with E-state index in [-0.39, 0.29) is 24.7 Å². The molecular formula is C36H38F3N5O5. The van der Waals surface area contributed by atoms with Crippen LogP contribution in [0.3, 0.4) is 0 Å². The molecule has 0 aromatic heterocycles. The van der Waals surface area contributed by atoms with Crippen molar-refractivity contribution in [3.8, 4) is 11.5 Å². The van der Waals surface area contributed by atoms with Crippen molar-refractivity contribution in [1.29, 1.82) is 0 Å². The van der Waals surface area contributed by atoms with E-state index in [0.29, 0.717) is 43.4 Å². The van der Waals surface area contributed by atoms with E-state index < -0.39 is 12.1 Å². The number of rotatable bonds is 11. The van der Waals surface area contributed by atoms with Crippen molar-refractivity contribution in [2.45, 2.75) is 32.1 Å². The molecule has 5 rings (SSSR count). The zero-order valence-electron chi connectivity index (χ0n) is 26.7. The number of carboxylic acids is 1. The highest BCUT2D eigenvalue weighted by Gasteiger charge is 2.38. The largest absolute Gasteiger partial charge is 0.490 e. The predicted molar refractivity (Wildman–Crippen MR) is 180 cm³/mol. The summed E-state index contributed by atoms with van der Waals surface area (Å²) in [6, 6.07) is 35.1. The number of hydrogen-bond donors (Lipinski definition) is 3. The number of nitrogens with two attached hydrogens (primary N) is 1. The number of carbonyl (C=O) groups is 3. The Labute approximate surface area is 282 Å². The third-order valence-corrected chi connectivity index (χ3v) is 7.49. The van der Waals surface area contributed by atoms with Crippen LogP contribution < -0.4 is 25.7 Å². The fourth-order valence-electron chi connectivity index (χ4n) is 5.01. The molecule has 0 spiro atoms. The fraction of sp³-hybridized carbons (Fsp3) is 0.250. The highest BCUT2D eigenvalue weighted by Crippen LogP contribution is 2.34. The standard InChI is InChI=1S/C34H37N5O3.C2HF3O2/c35-25-28-12-9-15-30(24-28)42-32-17-8-7-16-31(32)39(26-27-10-3-1-4-11-27)34(41)19-18-33(40)36-38-22-20-37(21-23-38)29-13-5-2-6-14-29;3-2(4,5)1(6)7/h1-17,24H,18-23,25-26,35H2,(H,36,40);(H,6,7). The van der Waals surface area contributed by atoms with E-state index in [9.17, 15) is 22.8 Å². The van der Waals surface area contributed by atoms with E-state index in [1.807, 2.05) is 102 Å². The second kappa shape index (κ2) is 17.7. The number of para-hydroxylation sites is 3. The van der Waals surface area contributed by atoms with Crippen LogP contribution >= 0.6 is 0 Å². The monoisotopic (exact) mass is 677 g/mol. The van der Waals surface area contributed by atoms with Crippen LogP contribution in [0.5, 0.6) is 11.5 Å². The minimum absolute atomic E-state index is 0.0691. The first-order valence-corrected chi connectivity index (χ1v) is 15.6. The Kier molecular flexibility index (Phi) is 13.1. The number of hydrogen-bond acceptors (Lipinski definition) is 7. The maximum atomic E-state index is 13.7. The number of halogens is 3. The fourth-order valence-corrected chi connectivity index (χ4v) is 5.01. The molecule has 0 radical (unpaired) electrons. The molecule has 10 nitrogen and oxygen atoms in total. The van der Waals surface area contributed by atoms with Crippen LogP contribution in [0.25, 0.3) is 0 Å². The lowest BCUT2D eigenvalue weighted by Gasteiger charge is -2.36. The summed E-state index contributed by atoms with van der Waals surface area (Å²) in [6.07, 6.45) is -4.93. The second-order valence-corrected chi connectivity index (χ2v) is 11.0. The van der Waals surface area contributed by atoms with Gasteiger partial charge < -0.3 is 25.4 Å². The molecule has 0 bridgehead atoms. The first kappa shape index (κ1) is 36.4. The molecule has 49 heavy (non-hydrogen) atoms. The summed E-state index contributed by atoms with van der Waals surface area (Å²) in [6.45, 7) is 3.82. The third kappa shape index (κ3) is 11.4. The van der Waals surface area contributed by atoms with Crippen LogP contribution in [0.4, 0.5) is 24.5 Å². The Morgan fingerprint density at radius 1 is 0.796 bits per heavy atom. The molecular weight excluding hydrogens is 639 g/mol. The van der Waals surface area contributed by atoms with E-state index in [0.717, 1.165) is 24.2 Å². The molecule has 4 aromatic carbocycles. The van der Waals surface area contributed by atoms with E-state index in [1.54, 1.807) is 4.90 Å². The van der Waals surface area contributed by atoms with Crippen molar-refractivity contribution in [3.05, 3.63) is 120 Å². The van der Waals surface area contributed by atoms with Gasteiger partial charge in [-0.15, -0.1) is 0 Å². The van der Waals surface area contributed by atoms with Gasteiger partial charge in [-0.05, 0) is 47.5 Å². The molecule has 4 aromatic rings. The van der Waals surface area contributed by atoms with E-state index in [4.69, 9.17) is 20.4 Å². The highest BCUT2D eigenvalue weighted by atomic mass is 19.4. The Bertz CT molecular complexity index is 1670. The van der Waals surface area contributed by atoms with Crippen molar-refractivity contribution in [2.75, 3.05) is 36.0 Å². The Morgan fingerprint density at radius 3 is 2.02 bits per heavy atom. The number of alkyl halides is 3. The Hall–Kier alpha value is -5.40. The number of amides is 2. The first-order chi connectivity index (χ1) is 23.5. The Morgan fingerprint density at radius 2 is 1.39 bits per heavy atom. The van der Waals surface area contributed by atoms with Gasteiger partial charge >= 0.3 is 12.1 Å². The normalized spacial score (nSPS) is 13.1. The molecule has 1 aliphatic rings. The molecule has 0 aliphatic carbocycles. The lowest BCUT2D eigenvalue weighted by Crippen LogP contribution is -2.53. The van der Waals surface area contributed by atoms with Crippen molar-refractivity contribution in [3.63, 3.8) is 0 Å². The number of hydrazine groups is 1. The summed E-state index contributed by atoms with van der Waals surface area (Å²) in [5, 5.41) is 9.06. The number of piperazine rings is 1.